The summed E-state index contributed by atoms with van der Waals surface area (Å²) in [5, 5.41) is 27.1. The Morgan fingerprint density at radius 1 is 0.955 bits per heavy atom. The van der Waals surface area contributed by atoms with Crippen molar-refractivity contribution in [1.29, 1.82) is 0 Å². The van der Waals surface area contributed by atoms with Crippen molar-refractivity contribution in [2.45, 2.75) is 6.29 Å². The Labute approximate surface area is 126 Å². The zero-order chi connectivity index (χ0) is 16.1. The van der Waals surface area contributed by atoms with Gasteiger partial charge in [0.2, 0.25) is 0 Å². The molecule has 2 rings (SSSR count). The molecule has 0 radical (unpaired) electrons. The van der Waals surface area contributed by atoms with Crippen LogP contribution in [0.25, 0.3) is 6.08 Å². The number of ketones is 1. The minimum Gasteiger partial charge on any atom is -0.478 e. The van der Waals surface area contributed by atoms with Gasteiger partial charge in [-0.05, 0) is 29.8 Å². The number of carbonyl (C=O) groups excluding carboxylic acids is 1. The molecule has 5 nitrogen and oxygen atoms in total. The zero-order valence-corrected chi connectivity index (χ0v) is 11.5. The van der Waals surface area contributed by atoms with Gasteiger partial charge in [0.15, 0.2) is 12.1 Å². The first-order valence-corrected chi connectivity index (χ1v) is 6.49. The fourth-order valence-corrected chi connectivity index (χ4v) is 1.90. The molecule has 0 bridgehead atoms. The first kappa shape index (κ1) is 15.6. The maximum absolute atomic E-state index is 12.0. The summed E-state index contributed by atoms with van der Waals surface area (Å²) in [6.45, 7) is 0. The van der Waals surface area contributed by atoms with Crippen molar-refractivity contribution in [3.8, 4) is 0 Å². The second kappa shape index (κ2) is 6.80. The predicted octanol–water partition coefficient (Wildman–Crippen LogP) is 2.26. The highest BCUT2D eigenvalue weighted by molar-refractivity contribution is 6.07. The molecule has 0 saturated heterocycles. The molecule has 0 fully saturated rings. The monoisotopic (exact) mass is 298 g/mol. The topological polar surface area (TPSA) is 94.8 Å². The molecule has 0 aliphatic rings. The van der Waals surface area contributed by atoms with Crippen molar-refractivity contribution < 1.29 is 24.9 Å². The molecule has 22 heavy (non-hydrogen) atoms. The molecule has 0 unspecified atom stereocenters. The van der Waals surface area contributed by atoms with Gasteiger partial charge in [0.1, 0.15) is 0 Å². The van der Waals surface area contributed by atoms with Gasteiger partial charge in [0.25, 0.3) is 0 Å². The van der Waals surface area contributed by atoms with Crippen LogP contribution in [0.15, 0.2) is 54.6 Å². The summed E-state index contributed by atoms with van der Waals surface area (Å²) < 4.78 is 0. The van der Waals surface area contributed by atoms with Gasteiger partial charge >= 0.3 is 5.97 Å². The van der Waals surface area contributed by atoms with Crippen LogP contribution >= 0.6 is 0 Å². The van der Waals surface area contributed by atoms with E-state index in [0.29, 0.717) is 11.1 Å². The van der Waals surface area contributed by atoms with E-state index < -0.39 is 12.3 Å². The number of aliphatic hydroxyl groups excluding tert-OH is 1. The molecule has 0 spiro atoms. The smallest absolute Gasteiger partial charge is 0.335 e. The number of aliphatic hydroxyl groups is 2. The average molecular weight is 298 g/mol. The standard InChI is InChI=1S/C17H14O5/c18-15(12-4-2-6-14(10-12)17(21)22)8-7-11-3-1-5-13(9-11)16(19)20/h1-10,16,19-20H,(H,21,22). The van der Waals surface area contributed by atoms with Gasteiger partial charge in [-0.3, -0.25) is 4.79 Å². The maximum Gasteiger partial charge on any atom is 0.335 e. The van der Waals surface area contributed by atoms with Crippen LogP contribution in [-0.4, -0.2) is 27.1 Å². The first-order valence-electron chi connectivity index (χ1n) is 6.49. The molecule has 3 N–H and O–H groups in total. The molecule has 0 aliphatic carbocycles. The van der Waals surface area contributed by atoms with Crippen LogP contribution in [-0.2, 0) is 0 Å². The molecule has 0 amide bonds. The van der Waals surface area contributed by atoms with Gasteiger partial charge < -0.3 is 15.3 Å². The second-order valence-electron chi connectivity index (χ2n) is 4.63. The molecule has 0 saturated carbocycles. The minimum atomic E-state index is -1.57. The SMILES string of the molecule is O=C(O)c1cccc(C(=O)C=Cc2cccc(C(O)O)c2)c1. The van der Waals surface area contributed by atoms with Crippen LogP contribution < -0.4 is 0 Å². The molecule has 2 aromatic rings. The van der Waals surface area contributed by atoms with Gasteiger partial charge in [-0.2, -0.15) is 0 Å². The van der Waals surface area contributed by atoms with E-state index in [-0.39, 0.29) is 16.9 Å². The van der Waals surface area contributed by atoms with E-state index in [0.717, 1.165) is 0 Å². The maximum atomic E-state index is 12.0. The highest BCUT2D eigenvalue weighted by Crippen LogP contribution is 2.14. The van der Waals surface area contributed by atoms with Gasteiger partial charge in [-0.1, -0.05) is 36.4 Å². The summed E-state index contributed by atoms with van der Waals surface area (Å²) in [5.41, 5.74) is 1.27. The molecule has 0 heterocycles. The number of carboxylic acid groups (broad SMARTS) is 1. The highest BCUT2D eigenvalue weighted by Gasteiger charge is 2.07. The third-order valence-corrected chi connectivity index (χ3v) is 3.03. The molecular weight excluding hydrogens is 284 g/mol. The Hall–Kier alpha value is -2.76. The van der Waals surface area contributed by atoms with Crippen molar-refractivity contribution in [3.05, 3.63) is 76.9 Å². The number of aromatic carboxylic acids is 1. The fraction of sp³-hybridized carbons (Fsp3) is 0.0588. The van der Waals surface area contributed by atoms with Crippen molar-refractivity contribution in [2.24, 2.45) is 0 Å². The van der Waals surface area contributed by atoms with E-state index in [4.69, 9.17) is 15.3 Å². The van der Waals surface area contributed by atoms with Crippen LogP contribution in [0.4, 0.5) is 0 Å². The first-order chi connectivity index (χ1) is 10.5. The number of allylic oxidation sites excluding steroid dienone is 1. The Kier molecular flexibility index (Phi) is 4.83. The lowest BCUT2D eigenvalue weighted by Gasteiger charge is -2.04. The third-order valence-electron chi connectivity index (χ3n) is 3.03. The lowest BCUT2D eigenvalue weighted by molar-refractivity contribution is -0.0425. The van der Waals surface area contributed by atoms with E-state index in [9.17, 15) is 9.59 Å². The van der Waals surface area contributed by atoms with Gasteiger partial charge in [0.05, 0.1) is 5.56 Å². The number of carbonyl (C=O) groups is 2. The van der Waals surface area contributed by atoms with Crippen molar-refractivity contribution in [2.75, 3.05) is 0 Å². The molecule has 112 valence electrons. The molecule has 0 aliphatic heterocycles. The summed E-state index contributed by atoms with van der Waals surface area (Å²) >= 11 is 0. The Morgan fingerprint density at radius 3 is 2.32 bits per heavy atom. The van der Waals surface area contributed by atoms with Gasteiger partial charge in [-0.25, -0.2) is 4.79 Å². The molecule has 5 heteroatoms. The number of benzene rings is 2. The lowest BCUT2D eigenvalue weighted by Crippen LogP contribution is -2.00. The van der Waals surface area contributed by atoms with Crippen LogP contribution in [0.2, 0.25) is 0 Å². The van der Waals surface area contributed by atoms with Crippen LogP contribution in [0, 0.1) is 0 Å². The van der Waals surface area contributed by atoms with Crippen LogP contribution in [0.1, 0.15) is 38.1 Å². The fourth-order valence-electron chi connectivity index (χ4n) is 1.90. The lowest BCUT2D eigenvalue weighted by atomic mass is 10.1. The highest BCUT2D eigenvalue weighted by atomic mass is 16.5. The average Bonchev–Trinajstić information content (AvgIpc) is 2.53. The van der Waals surface area contributed by atoms with E-state index in [1.165, 1.54) is 36.4 Å². The summed E-state index contributed by atoms with van der Waals surface area (Å²) in [7, 11) is 0. The van der Waals surface area contributed by atoms with Gasteiger partial charge in [-0.15, -0.1) is 0 Å². The quantitative estimate of drug-likeness (QED) is 0.447. The number of hydrogen-bond acceptors (Lipinski definition) is 4. The van der Waals surface area contributed by atoms with E-state index in [1.54, 1.807) is 24.3 Å². The summed E-state index contributed by atoms with van der Waals surface area (Å²) in [5.74, 6) is -1.43. The van der Waals surface area contributed by atoms with Crippen molar-refractivity contribution >= 4 is 17.8 Å². The summed E-state index contributed by atoms with van der Waals surface area (Å²) in [6, 6.07) is 12.2. The predicted molar refractivity (Wildman–Crippen MR) is 80.4 cm³/mol. The van der Waals surface area contributed by atoms with Gasteiger partial charge in [0, 0.05) is 11.1 Å². The third kappa shape index (κ3) is 3.88. The Bertz CT molecular complexity index is 731. The van der Waals surface area contributed by atoms with Crippen molar-refractivity contribution in [1.82, 2.24) is 0 Å². The Balaban J connectivity index is 2.19. The molecule has 0 atom stereocenters. The zero-order valence-electron chi connectivity index (χ0n) is 11.5. The Morgan fingerprint density at radius 2 is 1.64 bits per heavy atom. The van der Waals surface area contributed by atoms with Crippen molar-refractivity contribution in [3.63, 3.8) is 0 Å². The minimum absolute atomic E-state index is 0.0460. The summed E-state index contributed by atoms with van der Waals surface area (Å²) in [4.78, 5) is 22.9. The van der Waals surface area contributed by atoms with E-state index in [2.05, 4.69) is 0 Å². The molecular formula is C17H14O5. The normalized spacial score (nSPS) is 11.0. The van der Waals surface area contributed by atoms with E-state index >= 15 is 0 Å². The van der Waals surface area contributed by atoms with E-state index in [1.807, 2.05) is 0 Å². The number of hydrogen-bond donors (Lipinski definition) is 3. The largest absolute Gasteiger partial charge is 0.478 e. The number of rotatable bonds is 5. The summed E-state index contributed by atoms with van der Waals surface area (Å²) in [6.07, 6.45) is 1.27. The van der Waals surface area contributed by atoms with Crippen LogP contribution in [0.3, 0.4) is 0 Å². The molecule has 0 aromatic heterocycles. The van der Waals surface area contributed by atoms with Crippen LogP contribution in [0.5, 0.6) is 0 Å². The molecule has 2 aromatic carbocycles. The number of carboxylic acids is 1. The second-order valence-corrected chi connectivity index (χ2v) is 4.63.